The number of nitrogens with one attached hydrogen (secondary N) is 1. The van der Waals surface area contributed by atoms with E-state index in [2.05, 4.69) is 5.32 Å². The van der Waals surface area contributed by atoms with Gasteiger partial charge in [-0.3, -0.25) is 14.5 Å². The molecular formula is C20H18N2O2S2. The van der Waals surface area contributed by atoms with Gasteiger partial charge in [0.15, 0.2) is 0 Å². The van der Waals surface area contributed by atoms with Gasteiger partial charge in [0.2, 0.25) is 5.91 Å². The van der Waals surface area contributed by atoms with Gasteiger partial charge in [0, 0.05) is 12.2 Å². The van der Waals surface area contributed by atoms with Crippen molar-refractivity contribution in [2.75, 3.05) is 11.9 Å². The van der Waals surface area contributed by atoms with Crippen LogP contribution in [0.1, 0.15) is 18.1 Å². The summed E-state index contributed by atoms with van der Waals surface area (Å²) in [6, 6.07) is 17.0. The first kappa shape index (κ1) is 18.4. The Bertz CT molecular complexity index is 861. The van der Waals surface area contributed by atoms with E-state index in [1.165, 1.54) is 11.8 Å². The third kappa shape index (κ3) is 4.39. The molecule has 132 valence electrons. The van der Waals surface area contributed by atoms with Crippen molar-refractivity contribution in [1.29, 1.82) is 0 Å². The van der Waals surface area contributed by atoms with Crippen LogP contribution in [0.25, 0.3) is 6.08 Å². The lowest BCUT2D eigenvalue weighted by molar-refractivity contribution is -0.122. The maximum absolute atomic E-state index is 12.2. The molecule has 4 nitrogen and oxygen atoms in total. The average molecular weight is 383 g/mol. The van der Waals surface area contributed by atoms with Gasteiger partial charge in [0.1, 0.15) is 4.32 Å². The Morgan fingerprint density at radius 2 is 1.85 bits per heavy atom. The van der Waals surface area contributed by atoms with Crippen LogP contribution in [0.3, 0.4) is 0 Å². The Morgan fingerprint density at radius 1 is 1.15 bits per heavy atom. The second-order valence-electron chi connectivity index (χ2n) is 5.76. The third-order valence-corrected chi connectivity index (χ3v) is 5.27. The number of benzene rings is 2. The highest BCUT2D eigenvalue weighted by molar-refractivity contribution is 8.26. The Kier molecular flexibility index (Phi) is 5.85. The molecular weight excluding hydrogens is 364 g/mol. The fraction of sp³-hybridized carbons (Fsp3) is 0.150. The summed E-state index contributed by atoms with van der Waals surface area (Å²) < 4.78 is 0.591. The van der Waals surface area contributed by atoms with Crippen molar-refractivity contribution in [3.05, 3.63) is 70.6 Å². The fourth-order valence-corrected chi connectivity index (χ4v) is 3.96. The van der Waals surface area contributed by atoms with Gasteiger partial charge in [-0.15, -0.1) is 0 Å². The molecule has 0 atom stereocenters. The molecule has 1 heterocycles. The lowest BCUT2D eigenvalue weighted by Gasteiger charge is -2.09. The first-order valence-corrected chi connectivity index (χ1v) is 9.48. The topological polar surface area (TPSA) is 49.4 Å². The number of carbonyl (C=O) groups excluding carboxylic acids is 2. The van der Waals surface area contributed by atoms with E-state index < -0.39 is 0 Å². The van der Waals surface area contributed by atoms with E-state index in [1.54, 1.807) is 4.90 Å². The molecule has 0 bridgehead atoms. The second-order valence-corrected chi connectivity index (χ2v) is 7.43. The van der Waals surface area contributed by atoms with Crippen LogP contribution >= 0.6 is 24.0 Å². The van der Waals surface area contributed by atoms with Crippen LogP contribution in [0.4, 0.5) is 5.69 Å². The first-order chi connectivity index (χ1) is 12.6. The Labute approximate surface area is 162 Å². The standard InChI is InChI=1S/C20H18N2O2S2/c1-2-22-19(24)17(26-20(22)25)12-15-8-10-16(11-9-15)21-18(23)13-14-6-4-3-5-7-14/h3-12H,2,13H2,1H3,(H,21,23)/b17-12-. The summed E-state index contributed by atoms with van der Waals surface area (Å²) in [7, 11) is 0. The quantitative estimate of drug-likeness (QED) is 0.625. The summed E-state index contributed by atoms with van der Waals surface area (Å²) in [6.45, 7) is 2.48. The minimum atomic E-state index is -0.0623. The summed E-state index contributed by atoms with van der Waals surface area (Å²) in [4.78, 5) is 26.5. The summed E-state index contributed by atoms with van der Waals surface area (Å²) in [5.41, 5.74) is 2.59. The number of thioether (sulfide) groups is 1. The SMILES string of the molecule is CCN1C(=O)/C(=C/c2ccc(NC(=O)Cc3ccccc3)cc2)SC1=S. The molecule has 1 aliphatic heterocycles. The van der Waals surface area contributed by atoms with Crippen molar-refractivity contribution >= 4 is 51.9 Å². The van der Waals surface area contributed by atoms with E-state index in [0.29, 0.717) is 22.2 Å². The predicted octanol–water partition coefficient (Wildman–Crippen LogP) is 4.09. The number of thiocarbonyl (C=S) groups is 1. The Hall–Kier alpha value is -2.44. The number of hydrogen-bond acceptors (Lipinski definition) is 4. The van der Waals surface area contributed by atoms with Crippen molar-refractivity contribution in [2.45, 2.75) is 13.3 Å². The van der Waals surface area contributed by atoms with E-state index >= 15 is 0 Å². The molecule has 26 heavy (non-hydrogen) atoms. The number of likely N-dealkylation sites (N-methyl/N-ethyl adjacent to an activating group) is 1. The van der Waals surface area contributed by atoms with Gasteiger partial charge in [-0.2, -0.15) is 0 Å². The van der Waals surface area contributed by atoms with Crippen LogP contribution in [-0.4, -0.2) is 27.6 Å². The van der Waals surface area contributed by atoms with Gasteiger partial charge in [0.05, 0.1) is 11.3 Å². The number of anilines is 1. The smallest absolute Gasteiger partial charge is 0.266 e. The minimum absolute atomic E-state index is 0.0530. The van der Waals surface area contributed by atoms with Crippen LogP contribution in [0.15, 0.2) is 59.5 Å². The lowest BCUT2D eigenvalue weighted by Crippen LogP contribution is -2.27. The summed E-state index contributed by atoms with van der Waals surface area (Å²) in [5, 5.41) is 2.88. The monoisotopic (exact) mass is 382 g/mol. The molecule has 1 aliphatic rings. The molecule has 0 aliphatic carbocycles. The van der Waals surface area contributed by atoms with E-state index in [4.69, 9.17) is 12.2 Å². The molecule has 3 rings (SSSR count). The zero-order chi connectivity index (χ0) is 18.5. The van der Waals surface area contributed by atoms with Gasteiger partial charge in [-0.1, -0.05) is 66.4 Å². The third-order valence-electron chi connectivity index (χ3n) is 3.89. The van der Waals surface area contributed by atoms with Crippen LogP contribution in [0.5, 0.6) is 0 Å². The number of hydrogen-bond donors (Lipinski definition) is 1. The van der Waals surface area contributed by atoms with Crippen LogP contribution in [0, 0.1) is 0 Å². The number of nitrogens with zero attached hydrogens (tertiary/aromatic N) is 1. The van der Waals surface area contributed by atoms with Gasteiger partial charge in [-0.25, -0.2) is 0 Å². The van der Waals surface area contributed by atoms with Crippen molar-refractivity contribution in [3.63, 3.8) is 0 Å². The number of amides is 2. The fourth-order valence-electron chi connectivity index (χ4n) is 2.57. The molecule has 0 unspecified atom stereocenters. The zero-order valence-corrected chi connectivity index (χ0v) is 15.9. The van der Waals surface area contributed by atoms with Crippen LogP contribution in [-0.2, 0) is 16.0 Å². The van der Waals surface area contributed by atoms with Crippen molar-refractivity contribution in [1.82, 2.24) is 4.90 Å². The first-order valence-electron chi connectivity index (χ1n) is 8.26. The van der Waals surface area contributed by atoms with E-state index in [9.17, 15) is 9.59 Å². The van der Waals surface area contributed by atoms with Gasteiger partial charge >= 0.3 is 0 Å². The maximum atomic E-state index is 12.2. The van der Waals surface area contributed by atoms with Crippen molar-refractivity contribution in [2.24, 2.45) is 0 Å². The highest BCUT2D eigenvalue weighted by Crippen LogP contribution is 2.32. The highest BCUT2D eigenvalue weighted by atomic mass is 32.2. The van der Waals surface area contributed by atoms with Gasteiger partial charge < -0.3 is 5.32 Å². The molecule has 2 aromatic rings. The van der Waals surface area contributed by atoms with Crippen molar-refractivity contribution in [3.8, 4) is 0 Å². The zero-order valence-electron chi connectivity index (χ0n) is 14.3. The lowest BCUT2D eigenvalue weighted by atomic mass is 10.1. The number of rotatable bonds is 5. The maximum Gasteiger partial charge on any atom is 0.266 e. The molecule has 2 amide bonds. The van der Waals surface area contributed by atoms with E-state index in [-0.39, 0.29) is 11.8 Å². The highest BCUT2D eigenvalue weighted by Gasteiger charge is 2.30. The average Bonchev–Trinajstić information content (AvgIpc) is 2.90. The van der Waals surface area contributed by atoms with Crippen molar-refractivity contribution < 1.29 is 9.59 Å². The molecule has 0 radical (unpaired) electrons. The molecule has 1 N–H and O–H groups in total. The van der Waals surface area contributed by atoms with E-state index in [0.717, 1.165) is 16.8 Å². The summed E-state index contributed by atoms with van der Waals surface area (Å²) in [5.74, 6) is -0.115. The van der Waals surface area contributed by atoms with Gasteiger partial charge in [-0.05, 0) is 36.3 Å². The summed E-state index contributed by atoms with van der Waals surface area (Å²) >= 11 is 6.53. The molecule has 2 aromatic carbocycles. The normalized spacial score (nSPS) is 15.6. The molecule has 6 heteroatoms. The largest absolute Gasteiger partial charge is 0.326 e. The molecule has 1 fully saturated rings. The second kappa shape index (κ2) is 8.29. The molecule has 0 aromatic heterocycles. The molecule has 1 saturated heterocycles. The number of carbonyl (C=O) groups is 2. The Balaban J connectivity index is 1.64. The van der Waals surface area contributed by atoms with Gasteiger partial charge in [0.25, 0.3) is 5.91 Å². The molecule has 0 spiro atoms. The Morgan fingerprint density at radius 3 is 2.46 bits per heavy atom. The summed E-state index contributed by atoms with van der Waals surface area (Å²) in [6.07, 6.45) is 2.16. The van der Waals surface area contributed by atoms with Crippen LogP contribution in [0.2, 0.25) is 0 Å². The van der Waals surface area contributed by atoms with Crippen LogP contribution < -0.4 is 5.32 Å². The predicted molar refractivity (Wildman–Crippen MR) is 111 cm³/mol. The molecule has 0 saturated carbocycles. The minimum Gasteiger partial charge on any atom is -0.326 e. The van der Waals surface area contributed by atoms with E-state index in [1.807, 2.05) is 67.6 Å².